The van der Waals surface area contributed by atoms with Crippen LogP contribution >= 0.6 is 0 Å². The molecule has 0 fully saturated rings. The van der Waals surface area contributed by atoms with Gasteiger partial charge in [-0.05, 0) is 19.7 Å². The van der Waals surface area contributed by atoms with Gasteiger partial charge in [0, 0.05) is 6.54 Å². The van der Waals surface area contributed by atoms with Gasteiger partial charge < -0.3 is 9.64 Å². The molecule has 0 spiro atoms. The molecule has 0 aliphatic carbocycles. The lowest BCUT2D eigenvalue weighted by Crippen LogP contribution is -2.17. The maximum atomic E-state index is 5.49. The largest absolute Gasteiger partial charge is 0.375 e. The van der Waals surface area contributed by atoms with Crippen LogP contribution < -0.4 is 0 Å². The number of rotatable bonds is 5. The summed E-state index contributed by atoms with van der Waals surface area (Å²) in [6, 6.07) is 10.2. The van der Waals surface area contributed by atoms with Crippen molar-refractivity contribution in [1.82, 2.24) is 4.90 Å². The number of hydrogen-bond acceptors (Lipinski definition) is 2. The molecule has 0 N–H and O–H groups in total. The van der Waals surface area contributed by atoms with Crippen molar-refractivity contribution in [3.05, 3.63) is 35.9 Å². The summed E-state index contributed by atoms with van der Waals surface area (Å²) in [5.74, 6) is 0. The molecule has 2 nitrogen and oxygen atoms in total. The molecule has 0 bridgehead atoms. The predicted octanol–water partition coefficient (Wildman–Crippen LogP) is 1.76. The molecule has 13 heavy (non-hydrogen) atoms. The smallest absolute Gasteiger partial charge is 0.0717 e. The van der Waals surface area contributed by atoms with E-state index in [1.807, 2.05) is 32.3 Å². The lowest BCUT2D eigenvalue weighted by Gasteiger charge is -2.09. The number of ether oxygens (including phenoxy) is 1. The Morgan fingerprint density at radius 3 is 2.46 bits per heavy atom. The van der Waals surface area contributed by atoms with Crippen molar-refractivity contribution in [3.63, 3.8) is 0 Å². The van der Waals surface area contributed by atoms with Crippen LogP contribution in [0.25, 0.3) is 0 Å². The Labute approximate surface area is 80.1 Å². The Morgan fingerprint density at radius 2 is 1.85 bits per heavy atom. The lowest BCUT2D eigenvalue weighted by molar-refractivity contribution is 0.105. The second-order valence-electron chi connectivity index (χ2n) is 3.34. The second-order valence-corrected chi connectivity index (χ2v) is 3.34. The van der Waals surface area contributed by atoms with Crippen LogP contribution in [0.2, 0.25) is 0 Å². The molecule has 0 saturated carbocycles. The third-order valence-corrected chi connectivity index (χ3v) is 1.79. The third-order valence-electron chi connectivity index (χ3n) is 1.79. The van der Waals surface area contributed by atoms with Crippen LogP contribution in [-0.2, 0) is 11.3 Å². The van der Waals surface area contributed by atoms with Crippen molar-refractivity contribution < 1.29 is 4.74 Å². The zero-order valence-corrected chi connectivity index (χ0v) is 8.36. The van der Waals surface area contributed by atoms with Gasteiger partial charge in [0.25, 0.3) is 0 Å². The minimum absolute atomic E-state index is 0.717. The van der Waals surface area contributed by atoms with Crippen molar-refractivity contribution in [2.24, 2.45) is 0 Å². The van der Waals surface area contributed by atoms with Gasteiger partial charge in [0.15, 0.2) is 0 Å². The minimum atomic E-state index is 0.717. The average molecular weight is 179 g/mol. The second kappa shape index (κ2) is 5.73. The molecule has 0 aromatic heterocycles. The highest BCUT2D eigenvalue weighted by Crippen LogP contribution is 1.99. The number of benzene rings is 1. The van der Waals surface area contributed by atoms with Crippen molar-refractivity contribution in [2.45, 2.75) is 6.61 Å². The van der Waals surface area contributed by atoms with Crippen LogP contribution in [-0.4, -0.2) is 32.1 Å². The van der Waals surface area contributed by atoms with Gasteiger partial charge in [-0.3, -0.25) is 0 Å². The Bertz CT molecular complexity index is 221. The van der Waals surface area contributed by atoms with Gasteiger partial charge in [0.2, 0.25) is 0 Å². The fourth-order valence-corrected chi connectivity index (χ4v) is 1.01. The molecule has 0 unspecified atom stereocenters. The first-order valence-electron chi connectivity index (χ1n) is 4.55. The summed E-state index contributed by atoms with van der Waals surface area (Å²) in [5.41, 5.74) is 1.24. The summed E-state index contributed by atoms with van der Waals surface area (Å²) in [5, 5.41) is 0. The van der Waals surface area contributed by atoms with E-state index in [9.17, 15) is 0 Å². The van der Waals surface area contributed by atoms with E-state index in [0.29, 0.717) is 6.61 Å². The molecule has 0 atom stereocenters. The Morgan fingerprint density at radius 1 is 1.15 bits per heavy atom. The highest BCUT2D eigenvalue weighted by Gasteiger charge is 1.92. The first-order chi connectivity index (χ1) is 6.29. The van der Waals surface area contributed by atoms with E-state index in [1.165, 1.54) is 5.56 Å². The number of hydrogen-bond donors (Lipinski definition) is 0. The van der Waals surface area contributed by atoms with Crippen LogP contribution in [0.3, 0.4) is 0 Å². The van der Waals surface area contributed by atoms with E-state index in [0.717, 1.165) is 13.2 Å². The van der Waals surface area contributed by atoms with Crippen molar-refractivity contribution in [1.29, 1.82) is 0 Å². The summed E-state index contributed by atoms with van der Waals surface area (Å²) in [6.45, 7) is 2.49. The molecule has 0 saturated heterocycles. The molecule has 1 rings (SSSR count). The fraction of sp³-hybridized carbons (Fsp3) is 0.455. The molecule has 2 heteroatoms. The highest BCUT2D eigenvalue weighted by molar-refractivity contribution is 5.13. The lowest BCUT2D eigenvalue weighted by atomic mass is 10.2. The molecule has 0 heterocycles. The zero-order valence-electron chi connectivity index (χ0n) is 8.36. The molecule has 0 aliphatic heterocycles. The summed E-state index contributed by atoms with van der Waals surface area (Å²) in [7, 11) is 4.09. The van der Waals surface area contributed by atoms with E-state index in [4.69, 9.17) is 4.74 Å². The van der Waals surface area contributed by atoms with Gasteiger partial charge in [-0.2, -0.15) is 0 Å². The molecule has 1 aromatic rings. The van der Waals surface area contributed by atoms with Gasteiger partial charge >= 0.3 is 0 Å². The Hall–Kier alpha value is -0.860. The minimum Gasteiger partial charge on any atom is -0.375 e. The fourth-order valence-electron chi connectivity index (χ4n) is 1.01. The third kappa shape index (κ3) is 4.65. The first kappa shape index (κ1) is 10.2. The van der Waals surface area contributed by atoms with Gasteiger partial charge in [0.05, 0.1) is 13.2 Å². The molecule has 0 aliphatic rings. The van der Waals surface area contributed by atoms with Crippen molar-refractivity contribution in [3.8, 4) is 0 Å². The summed E-state index contributed by atoms with van der Waals surface area (Å²) in [4.78, 5) is 2.12. The van der Waals surface area contributed by atoms with Crippen LogP contribution in [0.1, 0.15) is 5.56 Å². The van der Waals surface area contributed by atoms with Crippen LogP contribution in [0.15, 0.2) is 30.3 Å². The normalized spacial score (nSPS) is 10.7. The van der Waals surface area contributed by atoms with E-state index < -0.39 is 0 Å². The van der Waals surface area contributed by atoms with Crippen molar-refractivity contribution >= 4 is 0 Å². The van der Waals surface area contributed by atoms with E-state index in [1.54, 1.807) is 0 Å². The molecule has 0 amide bonds. The van der Waals surface area contributed by atoms with Gasteiger partial charge in [0.1, 0.15) is 0 Å². The molecule has 72 valence electrons. The van der Waals surface area contributed by atoms with Crippen LogP contribution in [0, 0.1) is 0 Å². The van der Waals surface area contributed by atoms with Crippen LogP contribution in [0.5, 0.6) is 0 Å². The highest BCUT2D eigenvalue weighted by atomic mass is 16.5. The average Bonchev–Trinajstić information content (AvgIpc) is 2.14. The molecule has 1 aromatic carbocycles. The van der Waals surface area contributed by atoms with E-state index in [2.05, 4.69) is 17.0 Å². The Balaban J connectivity index is 2.13. The van der Waals surface area contributed by atoms with E-state index in [-0.39, 0.29) is 0 Å². The quantitative estimate of drug-likeness (QED) is 0.639. The number of likely N-dealkylation sites (N-methyl/N-ethyl adjacent to an activating group) is 1. The summed E-state index contributed by atoms with van der Waals surface area (Å²) < 4.78 is 5.49. The zero-order chi connectivity index (χ0) is 9.52. The maximum absolute atomic E-state index is 5.49. The molecular formula is C11H17NO. The van der Waals surface area contributed by atoms with Gasteiger partial charge in [-0.1, -0.05) is 30.3 Å². The monoisotopic (exact) mass is 179 g/mol. The summed E-state index contributed by atoms with van der Waals surface area (Å²) in [6.07, 6.45) is 0. The SMILES string of the molecule is CN(C)CCOCc1ccccc1. The topological polar surface area (TPSA) is 12.5 Å². The van der Waals surface area contributed by atoms with Crippen molar-refractivity contribution in [2.75, 3.05) is 27.2 Å². The Kier molecular flexibility index (Phi) is 4.50. The van der Waals surface area contributed by atoms with Crippen LogP contribution in [0.4, 0.5) is 0 Å². The van der Waals surface area contributed by atoms with E-state index >= 15 is 0 Å². The van der Waals surface area contributed by atoms with Gasteiger partial charge in [-0.25, -0.2) is 0 Å². The summed E-state index contributed by atoms with van der Waals surface area (Å²) >= 11 is 0. The number of nitrogens with zero attached hydrogens (tertiary/aromatic N) is 1. The maximum Gasteiger partial charge on any atom is 0.0717 e. The van der Waals surface area contributed by atoms with Gasteiger partial charge in [-0.15, -0.1) is 0 Å². The standard InChI is InChI=1S/C11H17NO/c1-12(2)8-9-13-10-11-6-4-3-5-7-11/h3-7H,8-10H2,1-2H3. The first-order valence-corrected chi connectivity index (χ1v) is 4.55. The molecular weight excluding hydrogens is 162 g/mol. The predicted molar refractivity (Wildman–Crippen MR) is 54.7 cm³/mol. The molecule has 0 radical (unpaired) electrons.